The third-order valence-electron chi connectivity index (χ3n) is 5.44. The summed E-state index contributed by atoms with van der Waals surface area (Å²) < 4.78 is 16.7. The van der Waals surface area contributed by atoms with Gasteiger partial charge in [0.25, 0.3) is 0 Å². The topological polar surface area (TPSA) is 89.7 Å². The minimum absolute atomic E-state index is 0.113. The standard InChI is InChI=1S/C22H22N4O4/c27-20(23-22-25-24-21(30-22)15-7-2-1-3-8-15)17-10-4-5-12-26(17)13-16-9-6-11-18-19(16)29-14-28-18/h1-3,6-9,11,17H,4-5,10,12-14H2,(H,23,25,27). The van der Waals surface area contributed by atoms with Gasteiger partial charge in [-0.1, -0.05) is 41.9 Å². The number of carbonyl (C=O) groups is 1. The van der Waals surface area contributed by atoms with E-state index in [2.05, 4.69) is 20.4 Å². The molecular formula is C22H22N4O4. The number of benzene rings is 2. The van der Waals surface area contributed by atoms with E-state index in [4.69, 9.17) is 13.9 Å². The number of ether oxygens (including phenoxy) is 2. The van der Waals surface area contributed by atoms with Crippen LogP contribution in [-0.2, 0) is 11.3 Å². The molecule has 0 aliphatic carbocycles. The minimum Gasteiger partial charge on any atom is -0.454 e. The normalized spacial score (nSPS) is 18.3. The fourth-order valence-electron chi connectivity index (χ4n) is 3.97. The average Bonchev–Trinajstić information content (AvgIpc) is 3.45. The van der Waals surface area contributed by atoms with Gasteiger partial charge < -0.3 is 13.9 Å². The van der Waals surface area contributed by atoms with Crippen molar-refractivity contribution in [2.24, 2.45) is 0 Å². The molecule has 0 saturated carbocycles. The van der Waals surface area contributed by atoms with Gasteiger partial charge in [0, 0.05) is 17.7 Å². The maximum Gasteiger partial charge on any atom is 0.322 e. The van der Waals surface area contributed by atoms with Gasteiger partial charge in [-0.15, -0.1) is 5.10 Å². The first-order valence-electron chi connectivity index (χ1n) is 10.1. The van der Waals surface area contributed by atoms with Crippen molar-refractivity contribution < 1.29 is 18.7 Å². The van der Waals surface area contributed by atoms with Crippen molar-refractivity contribution in [2.45, 2.75) is 31.8 Å². The van der Waals surface area contributed by atoms with Crippen LogP contribution in [0.5, 0.6) is 11.5 Å². The van der Waals surface area contributed by atoms with Gasteiger partial charge in [-0.3, -0.25) is 15.0 Å². The summed E-state index contributed by atoms with van der Waals surface area (Å²) >= 11 is 0. The number of piperidine rings is 1. The molecule has 154 valence electrons. The van der Waals surface area contributed by atoms with E-state index >= 15 is 0 Å². The number of aromatic nitrogens is 2. The maximum atomic E-state index is 13.0. The third kappa shape index (κ3) is 3.73. The van der Waals surface area contributed by atoms with E-state index in [-0.39, 0.29) is 24.8 Å². The fraction of sp³-hybridized carbons (Fsp3) is 0.318. The Balaban J connectivity index is 1.29. The first-order valence-corrected chi connectivity index (χ1v) is 10.1. The van der Waals surface area contributed by atoms with Crippen molar-refractivity contribution in [2.75, 3.05) is 18.7 Å². The smallest absolute Gasteiger partial charge is 0.322 e. The van der Waals surface area contributed by atoms with Crippen LogP contribution in [0.3, 0.4) is 0 Å². The molecule has 1 amide bonds. The van der Waals surface area contributed by atoms with Crippen LogP contribution < -0.4 is 14.8 Å². The lowest BCUT2D eigenvalue weighted by molar-refractivity contribution is -0.122. The number of likely N-dealkylation sites (tertiary alicyclic amines) is 1. The van der Waals surface area contributed by atoms with E-state index in [1.807, 2.05) is 48.5 Å². The zero-order valence-corrected chi connectivity index (χ0v) is 16.4. The lowest BCUT2D eigenvalue weighted by Gasteiger charge is -2.34. The Kier molecular flexibility index (Phi) is 5.06. The van der Waals surface area contributed by atoms with Crippen LogP contribution >= 0.6 is 0 Å². The van der Waals surface area contributed by atoms with Crippen LogP contribution in [-0.4, -0.2) is 40.4 Å². The van der Waals surface area contributed by atoms with Gasteiger partial charge in [-0.25, -0.2) is 0 Å². The van der Waals surface area contributed by atoms with Crippen LogP contribution in [0.4, 0.5) is 6.01 Å². The number of amides is 1. The van der Waals surface area contributed by atoms with Crippen LogP contribution in [0.1, 0.15) is 24.8 Å². The van der Waals surface area contributed by atoms with Gasteiger partial charge in [0.1, 0.15) is 0 Å². The average molecular weight is 406 g/mol. The molecule has 5 rings (SSSR count). The second-order valence-electron chi connectivity index (χ2n) is 7.40. The molecule has 30 heavy (non-hydrogen) atoms. The van der Waals surface area contributed by atoms with Gasteiger partial charge >= 0.3 is 6.01 Å². The number of rotatable bonds is 5. The number of nitrogens with one attached hydrogen (secondary N) is 1. The number of nitrogens with zero attached hydrogens (tertiary/aromatic N) is 3. The summed E-state index contributed by atoms with van der Waals surface area (Å²) in [5.74, 6) is 1.77. The molecule has 1 aromatic heterocycles. The highest BCUT2D eigenvalue weighted by Crippen LogP contribution is 2.36. The van der Waals surface area contributed by atoms with Crippen molar-refractivity contribution in [3.63, 3.8) is 0 Å². The monoisotopic (exact) mass is 406 g/mol. The minimum atomic E-state index is -0.274. The summed E-state index contributed by atoms with van der Waals surface area (Å²) in [5.41, 5.74) is 1.83. The van der Waals surface area contributed by atoms with E-state index in [1.54, 1.807) is 0 Å². The molecule has 0 radical (unpaired) electrons. The maximum absolute atomic E-state index is 13.0. The summed E-state index contributed by atoms with van der Waals surface area (Å²) in [6, 6.07) is 15.2. The predicted octanol–water partition coefficient (Wildman–Crippen LogP) is 3.46. The zero-order valence-electron chi connectivity index (χ0n) is 16.4. The summed E-state index contributed by atoms with van der Waals surface area (Å²) in [6.45, 7) is 1.68. The highest BCUT2D eigenvalue weighted by molar-refractivity contribution is 5.93. The second-order valence-corrected chi connectivity index (χ2v) is 7.40. The van der Waals surface area contributed by atoms with Crippen LogP contribution in [0.25, 0.3) is 11.5 Å². The fourth-order valence-corrected chi connectivity index (χ4v) is 3.97. The number of hydrogen-bond donors (Lipinski definition) is 1. The van der Waals surface area contributed by atoms with E-state index in [1.165, 1.54) is 0 Å². The molecule has 1 fully saturated rings. The molecule has 0 spiro atoms. The van der Waals surface area contributed by atoms with Crippen molar-refractivity contribution >= 4 is 11.9 Å². The third-order valence-corrected chi connectivity index (χ3v) is 5.44. The van der Waals surface area contributed by atoms with Crippen LogP contribution in [0, 0.1) is 0 Å². The van der Waals surface area contributed by atoms with Crippen molar-refractivity contribution in [3.05, 3.63) is 54.1 Å². The van der Waals surface area contributed by atoms with Gasteiger partial charge in [0.05, 0.1) is 6.04 Å². The highest BCUT2D eigenvalue weighted by atomic mass is 16.7. The summed E-state index contributed by atoms with van der Waals surface area (Å²) in [7, 11) is 0. The molecule has 3 heterocycles. The zero-order chi connectivity index (χ0) is 20.3. The molecule has 8 heteroatoms. The SMILES string of the molecule is O=C(Nc1nnc(-c2ccccc2)o1)C1CCCCN1Cc1cccc2c1OCO2. The molecule has 3 aromatic rings. The Morgan fingerprint density at radius 1 is 1.07 bits per heavy atom. The lowest BCUT2D eigenvalue weighted by Crippen LogP contribution is -2.46. The number of fused-ring (bicyclic) bond motifs is 1. The molecule has 2 aromatic carbocycles. The summed E-state index contributed by atoms with van der Waals surface area (Å²) in [6.07, 6.45) is 2.83. The van der Waals surface area contributed by atoms with Crippen molar-refractivity contribution in [3.8, 4) is 23.0 Å². The van der Waals surface area contributed by atoms with E-state index in [0.717, 1.165) is 48.4 Å². The first kappa shape index (κ1) is 18.6. The molecule has 2 aliphatic rings. The van der Waals surface area contributed by atoms with Gasteiger partial charge in [0.2, 0.25) is 18.6 Å². The highest BCUT2D eigenvalue weighted by Gasteiger charge is 2.31. The van der Waals surface area contributed by atoms with Crippen molar-refractivity contribution in [1.82, 2.24) is 15.1 Å². The van der Waals surface area contributed by atoms with Crippen molar-refractivity contribution in [1.29, 1.82) is 0 Å². The molecular weight excluding hydrogens is 384 g/mol. The number of para-hydroxylation sites is 1. The Morgan fingerprint density at radius 2 is 1.97 bits per heavy atom. The molecule has 0 bridgehead atoms. The first-order chi connectivity index (χ1) is 14.8. The van der Waals surface area contributed by atoms with Gasteiger partial charge in [0.15, 0.2) is 11.5 Å². The molecule has 1 saturated heterocycles. The number of anilines is 1. The Morgan fingerprint density at radius 3 is 2.87 bits per heavy atom. The van der Waals surface area contributed by atoms with Gasteiger partial charge in [-0.05, 0) is 37.6 Å². The molecule has 8 nitrogen and oxygen atoms in total. The van der Waals surface area contributed by atoms with Crippen LogP contribution in [0.2, 0.25) is 0 Å². The lowest BCUT2D eigenvalue weighted by atomic mass is 10.00. The number of carbonyl (C=O) groups excluding carboxylic acids is 1. The summed E-state index contributed by atoms with van der Waals surface area (Å²) in [4.78, 5) is 15.2. The molecule has 1 atom stereocenters. The Bertz CT molecular complexity index is 1040. The molecule has 1 N–H and O–H groups in total. The Hall–Kier alpha value is -3.39. The van der Waals surface area contributed by atoms with E-state index in [9.17, 15) is 4.79 Å². The summed E-state index contributed by atoms with van der Waals surface area (Å²) in [5, 5.41) is 10.8. The predicted molar refractivity (Wildman–Crippen MR) is 109 cm³/mol. The largest absolute Gasteiger partial charge is 0.454 e. The van der Waals surface area contributed by atoms with Gasteiger partial charge in [-0.2, -0.15) is 0 Å². The molecule has 2 aliphatic heterocycles. The van der Waals surface area contributed by atoms with E-state index in [0.29, 0.717) is 12.4 Å². The van der Waals surface area contributed by atoms with E-state index < -0.39 is 0 Å². The van der Waals surface area contributed by atoms with Crippen LogP contribution in [0.15, 0.2) is 52.9 Å². The Labute approximate surface area is 173 Å². The molecule has 1 unspecified atom stereocenters. The second kappa shape index (κ2) is 8.16. The number of hydrogen-bond acceptors (Lipinski definition) is 7. The quantitative estimate of drug-likeness (QED) is 0.694.